The van der Waals surface area contributed by atoms with Crippen molar-refractivity contribution >= 4 is 89.3 Å². The molecule has 0 unspecified atom stereocenters. The highest BCUT2D eigenvalue weighted by molar-refractivity contribution is 7.93. The number of piperidine rings is 1. The Morgan fingerprint density at radius 1 is 0.495 bits per heavy atom. The van der Waals surface area contributed by atoms with Crippen molar-refractivity contribution in [1.82, 2.24) is 5.32 Å². The van der Waals surface area contributed by atoms with E-state index in [1.807, 2.05) is 65.6 Å². The first kappa shape index (κ1) is 71.8. The number of carbonyl (C=O) groups is 3. The van der Waals surface area contributed by atoms with Crippen LogP contribution in [0.25, 0.3) is 0 Å². The van der Waals surface area contributed by atoms with Gasteiger partial charge in [0.2, 0.25) is 11.8 Å². The number of amides is 2. The molecule has 544 valence electrons. The second kappa shape index (κ2) is 29.4. The standard InChI is InChI=1S/C31H32ClFN2O5S.C25H30N2O3.C23H24ClFN2O4S/c1-39-23-11-8-20(9-12-23)19-35-29-25(31(30(35)36)14-5-15-31)17-22(18-27(29)40-24-6-3-2-4-7-24)34-41(37,38)28-13-10-21(32)16-26(28)33;1-29-19-10-8-17(9-11-19)16-27-23-21(25(24(27)28)12-5-13-25)14-18(26)15-22(23)30-20-6-3-2-4-7-20;24-14-2-3-21(19(25)10-14)32(29,30)27-15-11-18-17(13-22(28)23(18)6-1-7-23)20(12-15)31-16-4-8-26-9-5-16/h8-13,16-18,24,34H,2-7,14-15,19H2,1H3;8-11,14-15,20H,2-7,12-13,16,26H2,1H3;2-3,10-12,16,26-27H,1,4-9,13H2. The van der Waals surface area contributed by atoms with Crippen LogP contribution in [0.2, 0.25) is 10.0 Å². The molecule has 18 nitrogen and oxygen atoms in total. The molecular weight excluding hydrogens is 1400 g/mol. The number of nitrogens with two attached hydrogens (primary N) is 1. The van der Waals surface area contributed by atoms with Gasteiger partial charge in [-0.1, -0.05) is 79.6 Å². The average Bonchev–Trinajstić information content (AvgIpc) is 1.56. The number of nitrogens with one attached hydrogen (secondary N) is 3. The number of hydrogen-bond acceptors (Lipinski definition) is 14. The fourth-order valence-corrected chi connectivity index (χ4v) is 19.0. The molecule has 6 fully saturated rings. The Hall–Kier alpha value is -8.15. The second-order valence-corrected chi connectivity index (χ2v) is 33.0. The van der Waals surface area contributed by atoms with Crippen LogP contribution in [0.1, 0.15) is 168 Å². The Kier molecular flexibility index (Phi) is 20.5. The maximum Gasteiger partial charge on any atom is 0.264 e. The van der Waals surface area contributed by atoms with E-state index < -0.39 is 57.7 Å². The van der Waals surface area contributed by atoms with Gasteiger partial charge in [-0.15, -0.1) is 0 Å². The van der Waals surface area contributed by atoms with Crippen molar-refractivity contribution in [3.8, 4) is 28.7 Å². The number of anilines is 5. The quantitative estimate of drug-likeness (QED) is 0.0585. The molecule has 0 radical (unpaired) electrons. The first-order valence-electron chi connectivity index (χ1n) is 36.0. The van der Waals surface area contributed by atoms with Gasteiger partial charge >= 0.3 is 0 Å². The van der Waals surface area contributed by atoms with E-state index in [9.17, 15) is 40.0 Å². The van der Waals surface area contributed by atoms with Crippen molar-refractivity contribution in [2.75, 3.05) is 52.3 Å². The molecule has 5 N–H and O–H groups in total. The van der Waals surface area contributed by atoms with Gasteiger partial charge in [0.05, 0.1) is 78.5 Å². The number of sulfonamides is 2. The van der Waals surface area contributed by atoms with Crippen LogP contribution >= 0.6 is 23.2 Å². The zero-order chi connectivity index (χ0) is 72.0. The average molecular weight is 1480 g/mol. The molecule has 0 bridgehead atoms. The highest BCUT2D eigenvalue weighted by Gasteiger charge is 2.58. The molecule has 3 heterocycles. The van der Waals surface area contributed by atoms with Gasteiger partial charge in [0.1, 0.15) is 62.1 Å². The summed E-state index contributed by atoms with van der Waals surface area (Å²) in [6.45, 7) is 2.57. The zero-order valence-corrected chi connectivity index (χ0v) is 61.0. The van der Waals surface area contributed by atoms with Crippen molar-refractivity contribution in [2.45, 2.75) is 199 Å². The lowest BCUT2D eigenvalue weighted by molar-refractivity contribution is -0.126. The molecule has 3 aliphatic heterocycles. The van der Waals surface area contributed by atoms with Crippen LogP contribution in [-0.2, 0) is 70.2 Å². The number of rotatable bonds is 18. The second-order valence-electron chi connectivity index (χ2n) is 28.9. The summed E-state index contributed by atoms with van der Waals surface area (Å²) in [5, 5.41) is 3.50. The van der Waals surface area contributed by atoms with Gasteiger partial charge in [0.25, 0.3) is 20.0 Å². The molecule has 7 aromatic rings. The molecule has 9 aliphatic rings. The third-order valence-corrected chi connectivity index (χ3v) is 25.7. The van der Waals surface area contributed by atoms with Crippen molar-refractivity contribution in [2.24, 2.45) is 0 Å². The van der Waals surface area contributed by atoms with Gasteiger partial charge < -0.3 is 44.5 Å². The number of methoxy groups -OCH3 is 2. The zero-order valence-electron chi connectivity index (χ0n) is 57.9. The van der Waals surface area contributed by atoms with Crippen LogP contribution in [0.5, 0.6) is 28.7 Å². The lowest BCUT2D eigenvalue weighted by Gasteiger charge is -2.38. The number of fused-ring (bicyclic) bond motifs is 6. The van der Waals surface area contributed by atoms with Crippen molar-refractivity contribution in [3.63, 3.8) is 0 Å². The minimum absolute atomic E-state index is 0.00559. The van der Waals surface area contributed by atoms with Crippen molar-refractivity contribution in [1.29, 1.82) is 0 Å². The Morgan fingerprint density at radius 3 is 1.33 bits per heavy atom. The maximum absolute atomic E-state index is 14.6. The molecule has 5 saturated carbocycles. The van der Waals surface area contributed by atoms with Gasteiger partial charge in [0.15, 0.2) is 0 Å². The van der Waals surface area contributed by atoms with Gasteiger partial charge in [-0.3, -0.25) is 23.8 Å². The summed E-state index contributed by atoms with van der Waals surface area (Å²) in [6, 6.07) is 33.0. The molecule has 3 spiro atoms. The number of carbonyl (C=O) groups excluding carboxylic acids is 3. The normalized spacial score (nSPS) is 19.4. The monoisotopic (exact) mass is 1480 g/mol. The fraction of sp³-hybridized carbons (Fsp3) is 0.430. The third kappa shape index (κ3) is 14.2. The highest BCUT2D eigenvalue weighted by atomic mass is 35.5. The Labute approximate surface area is 610 Å². The number of ether oxygens (including phenoxy) is 5. The minimum Gasteiger partial charge on any atom is -0.497 e. The van der Waals surface area contributed by atoms with E-state index in [1.54, 1.807) is 43.4 Å². The third-order valence-electron chi connectivity index (χ3n) is 22.4. The van der Waals surface area contributed by atoms with Crippen LogP contribution in [-0.4, -0.2) is 80.1 Å². The van der Waals surface area contributed by atoms with Crippen LogP contribution in [0.15, 0.2) is 131 Å². The Morgan fingerprint density at radius 2 is 0.903 bits per heavy atom. The van der Waals surface area contributed by atoms with E-state index in [4.69, 9.17) is 52.6 Å². The molecule has 0 atom stereocenters. The van der Waals surface area contributed by atoms with E-state index in [0.717, 1.165) is 196 Å². The molecule has 2 amide bonds. The summed E-state index contributed by atoms with van der Waals surface area (Å²) >= 11 is 11.6. The summed E-state index contributed by atoms with van der Waals surface area (Å²) in [5.74, 6) is 1.81. The summed E-state index contributed by atoms with van der Waals surface area (Å²) in [5.41, 5.74) is 12.9. The molecule has 1 saturated heterocycles. The summed E-state index contributed by atoms with van der Waals surface area (Å²) in [6.07, 6.45) is 20.5. The number of nitrogen functional groups attached to an aromatic ring is 1. The van der Waals surface area contributed by atoms with E-state index in [-0.39, 0.29) is 57.3 Å². The van der Waals surface area contributed by atoms with E-state index >= 15 is 0 Å². The van der Waals surface area contributed by atoms with Gasteiger partial charge in [0, 0.05) is 45.9 Å². The number of Topliss-reactive ketones (excluding diaryl/α,β-unsaturated/α-hetero) is 1. The largest absolute Gasteiger partial charge is 0.497 e. The van der Waals surface area contributed by atoms with E-state index in [1.165, 1.54) is 31.4 Å². The number of halogens is 4. The Balaban J connectivity index is 0.000000133. The highest BCUT2D eigenvalue weighted by Crippen LogP contribution is 2.60. The topological polar surface area (TPSA) is 234 Å². The molecular formula is C79H86Cl2F2N6O12S2. The molecule has 103 heavy (non-hydrogen) atoms. The number of benzene rings is 7. The SMILES string of the molecule is COc1ccc(CN2C(=O)C3(CCC3)c3cc(N)cc(OC4CCCCC4)c32)cc1.COc1ccc(CN2C(=O)C3(CCC3)c3cc(NS(=O)(=O)c4ccc(Cl)cc4F)cc(OC4CCCCC4)c32)cc1.O=C1Cc2c(OC3CCNCC3)cc(NS(=O)(=O)c3ccc(Cl)cc3F)cc2C12CCC2. The molecule has 7 aromatic carbocycles. The number of hydrogen-bond donors (Lipinski definition) is 4. The first-order chi connectivity index (χ1) is 49.6. The fourth-order valence-electron chi connectivity index (χ4n) is 16.5. The van der Waals surface area contributed by atoms with Gasteiger partial charge in [-0.2, -0.15) is 0 Å². The van der Waals surface area contributed by atoms with Crippen LogP contribution in [0.4, 0.5) is 37.2 Å². The number of nitrogens with zero attached hydrogens (tertiary/aromatic N) is 2. The van der Waals surface area contributed by atoms with Gasteiger partial charge in [-0.05, 0) is 223 Å². The first-order valence-corrected chi connectivity index (χ1v) is 39.7. The van der Waals surface area contributed by atoms with Crippen molar-refractivity contribution < 1.29 is 63.7 Å². The molecule has 6 aliphatic carbocycles. The van der Waals surface area contributed by atoms with Gasteiger partial charge in [-0.25, -0.2) is 25.6 Å². The van der Waals surface area contributed by atoms with Crippen LogP contribution in [0.3, 0.4) is 0 Å². The van der Waals surface area contributed by atoms with Crippen molar-refractivity contribution in [3.05, 3.63) is 176 Å². The molecule has 16 rings (SSSR count). The maximum atomic E-state index is 14.6. The molecule has 24 heteroatoms. The van der Waals surface area contributed by atoms with Crippen LogP contribution in [0, 0.1) is 11.6 Å². The summed E-state index contributed by atoms with van der Waals surface area (Å²) in [7, 11) is -5.22. The lowest BCUT2D eigenvalue weighted by atomic mass is 9.64. The minimum atomic E-state index is -4.29. The Bertz CT molecular complexity index is 4630. The smallest absolute Gasteiger partial charge is 0.264 e. The summed E-state index contributed by atoms with van der Waals surface area (Å²) in [4.78, 5) is 43.4. The van der Waals surface area contributed by atoms with E-state index in [0.29, 0.717) is 55.2 Å². The van der Waals surface area contributed by atoms with Crippen LogP contribution < -0.4 is 54.0 Å². The summed E-state index contributed by atoms with van der Waals surface area (Å²) < 4.78 is 116. The lowest BCUT2D eigenvalue weighted by Crippen LogP contribution is -2.44. The predicted octanol–water partition coefficient (Wildman–Crippen LogP) is 15.9. The van der Waals surface area contributed by atoms with E-state index in [2.05, 4.69) is 14.8 Å². The molecule has 0 aromatic heterocycles. The number of ketones is 1. The predicted molar refractivity (Wildman–Crippen MR) is 393 cm³/mol.